The lowest BCUT2D eigenvalue weighted by molar-refractivity contribution is -0.128. The molecule has 1 N–H and O–H groups in total. The SMILES string of the molecule is CC(=O)S[C@@H]1CC(=O)N(Cc2ccc(Oc3ccc(NS(C)(=O)=O)cc3)nc2)C1. The number of hydrogen-bond donors (Lipinski definition) is 1. The van der Waals surface area contributed by atoms with E-state index in [2.05, 4.69) is 9.71 Å². The highest BCUT2D eigenvalue weighted by atomic mass is 32.2. The van der Waals surface area contributed by atoms with Crippen LogP contribution in [-0.2, 0) is 26.2 Å². The van der Waals surface area contributed by atoms with E-state index in [1.165, 1.54) is 18.7 Å². The predicted molar refractivity (Wildman–Crippen MR) is 111 cm³/mol. The van der Waals surface area contributed by atoms with Crippen molar-refractivity contribution < 1.29 is 22.7 Å². The molecule has 2 aromatic rings. The Morgan fingerprint density at radius 1 is 1.28 bits per heavy atom. The molecule has 1 aliphatic heterocycles. The van der Waals surface area contributed by atoms with Crippen LogP contribution >= 0.6 is 11.8 Å². The first-order chi connectivity index (χ1) is 13.7. The number of benzene rings is 1. The van der Waals surface area contributed by atoms with Crippen LogP contribution in [0.1, 0.15) is 18.9 Å². The van der Waals surface area contributed by atoms with Crippen molar-refractivity contribution in [2.45, 2.75) is 25.1 Å². The standard InChI is InChI=1S/C19H21N3O5S2/c1-13(23)28-17-9-19(24)22(12-17)11-14-3-8-18(20-10-14)27-16-6-4-15(5-7-16)21-29(2,25)26/h3-8,10,17,21H,9,11-12H2,1-2H3/t17-/m1/s1. The van der Waals surface area contributed by atoms with E-state index < -0.39 is 10.0 Å². The van der Waals surface area contributed by atoms with Crippen LogP contribution in [0.4, 0.5) is 5.69 Å². The van der Waals surface area contributed by atoms with Crippen molar-refractivity contribution in [3.8, 4) is 11.6 Å². The van der Waals surface area contributed by atoms with Gasteiger partial charge in [0.1, 0.15) is 5.75 Å². The third-order valence-electron chi connectivity index (χ3n) is 4.06. The van der Waals surface area contributed by atoms with Crippen molar-refractivity contribution in [3.63, 3.8) is 0 Å². The minimum Gasteiger partial charge on any atom is -0.439 e. The monoisotopic (exact) mass is 435 g/mol. The molecule has 1 fully saturated rings. The number of sulfonamides is 1. The van der Waals surface area contributed by atoms with Crippen LogP contribution in [-0.4, -0.2) is 47.4 Å². The second-order valence-corrected chi connectivity index (χ2v) is 9.94. The summed E-state index contributed by atoms with van der Waals surface area (Å²) in [5, 5.41) is 0.0312. The highest BCUT2D eigenvalue weighted by Crippen LogP contribution is 2.26. The molecule has 0 unspecified atom stereocenters. The second-order valence-electron chi connectivity index (χ2n) is 6.72. The molecule has 1 aliphatic rings. The summed E-state index contributed by atoms with van der Waals surface area (Å²) in [6, 6.07) is 10.0. The number of nitrogens with one attached hydrogen (secondary N) is 1. The van der Waals surface area contributed by atoms with Gasteiger partial charge in [-0.25, -0.2) is 13.4 Å². The Balaban J connectivity index is 1.56. The topological polar surface area (TPSA) is 106 Å². The summed E-state index contributed by atoms with van der Waals surface area (Å²) in [6.45, 7) is 2.50. The summed E-state index contributed by atoms with van der Waals surface area (Å²) in [5.41, 5.74) is 1.31. The van der Waals surface area contributed by atoms with Gasteiger partial charge in [-0.15, -0.1) is 0 Å². The summed E-state index contributed by atoms with van der Waals surface area (Å²) in [5.74, 6) is 0.935. The number of ether oxygens (including phenoxy) is 1. The minimum absolute atomic E-state index is 0.00993. The minimum atomic E-state index is -3.33. The zero-order valence-corrected chi connectivity index (χ0v) is 17.6. The molecule has 2 heterocycles. The molecule has 0 bridgehead atoms. The quantitative estimate of drug-likeness (QED) is 0.713. The van der Waals surface area contributed by atoms with E-state index in [0.29, 0.717) is 36.8 Å². The van der Waals surface area contributed by atoms with Gasteiger partial charge in [-0.2, -0.15) is 0 Å². The number of pyridine rings is 1. The zero-order valence-electron chi connectivity index (χ0n) is 16.0. The van der Waals surface area contributed by atoms with Crippen LogP contribution in [0.5, 0.6) is 11.6 Å². The Morgan fingerprint density at radius 2 is 2.00 bits per heavy atom. The average molecular weight is 436 g/mol. The number of carbonyl (C=O) groups is 2. The molecule has 0 spiro atoms. The molecule has 154 valence electrons. The largest absolute Gasteiger partial charge is 0.439 e. The van der Waals surface area contributed by atoms with Crippen molar-refractivity contribution in [1.82, 2.24) is 9.88 Å². The number of nitrogens with zero attached hydrogens (tertiary/aromatic N) is 2. The third-order valence-corrected chi connectivity index (χ3v) is 5.65. The molecular formula is C19H21N3O5S2. The first-order valence-corrected chi connectivity index (χ1v) is 11.6. The van der Waals surface area contributed by atoms with Gasteiger partial charge >= 0.3 is 0 Å². The lowest BCUT2D eigenvalue weighted by Crippen LogP contribution is -2.25. The van der Waals surface area contributed by atoms with Gasteiger partial charge in [0, 0.05) is 49.6 Å². The summed E-state index contributed by atoms with van der Waals surface area (Å²) >= 11 is 1.21. The van der Waals surface area contributed by atoms with E-state index in [1.807, 2.05) is 6.07 Å². The van der Waals surface area contributed by atoms with Gasteiger partial charge in [0.25, 0.3) is 0 Å². The number of aromatic nitrogens is 1. The van der Waals surface area contributed by atoms with Gasteiger partial charge < -0.3 is 9.64 Å². The number of anilines is 1. The smallest absolute Gasteiger partial charge is 0.229 e. The number of amides is 1. The fraction of sp³-hybridized carbons (Fsp3) is 0.316. The lowest BCUT2D eigenvalue weighted by Gasteiger charge is -2.16. The van der Waals surface area contributed by atoms with Gasteiger partial charge in [0.05, 0.1) is 6.26 Å². The summed E-state index contributed by atoms with van der Waals surface area (Å²) < 4.78 is 30.5. The molecule has 1 atom stereocenters. The maximum atomic E-state index is 12.1. The molecular weight excluding hydrogens is 414 g/mol. The van der Waals surface area contributed by atoms with E-state index in [4.69, 9.17) is 4.74 Å². The zero-order chi connectivity index (χ0) is 21.0. The van der Waals surface area contributed by atoms with E-state index >= 15 is 0 Å². The van der Waals surface area contributed by atoms with Crippen LogP contribution in [0, 0.1) is 0 Å². The van der Waals surface area contributed by atoms with Crippen molar-refractivity contribution >= 4 is 38.5 Å². The molecule has 29 heavy (non-hydrogen) atoms. The van der Waals surface area contributed by atoms with E-state index in [1.54, 1.807) is 41.4 Å². The van der Waals surface area contributed by atoms with Crippen molar-refractivity contribution in [2.75, 3.05) is 17.5 Å². The lowest BCUT2D eigenvalue weighted by atomic mass is 10.2. The normalized spacial score (nSPS) is 16.7. The van der Waals surface area contributed by atoms with E-state index in [9.17, 15) is 18.0 Å². The first-order valence-electron chi connectivity index (χ1n) is 8.83. The van der Waals surface area contributed by atoms with Crippen LogP contribution < -0.4 is 9.46 Å². The van der Waals surface area contributed by atoms with Crippen LogP contribution in [0.2, 0.25) is 0 Å². The van der Waals surface area contributed by atoms with Crippen LogP contribution in [0.3, 0.4) is 0 Å². The third kappa shape index (κ3) is 6.47. The molecule has 0 radical (unpaired) electrons. The average Bonchev–Trinajstić information content (AvgIpc) is 2.95. The Morgan fingerprint density at radius 3 is 2.59 bits per heavy atom. The van der Waals surface area contributed by atoms with Gasteiger partial charge in [0.15, 0.2) is 5.12 Å². The molecule has 1 aromatic heterocycles. The Hall–Kier alpha value is -2.59. The Kier molecular flexibility index (Phi) is 6.43. The maximum absolute atomic E-state index is 12.1. The van der Waals surface area contributed by atoms with Gasteiger partial charge in [-0.05, 0) is 29.8 Å². The molecule has 1 saturated heterocycles. The molecule has 8 nitrogen and oxygen atoms in total. The molecule has 3 rings (SSSR count). The van der Waals surface area contributed by atoms with Gasteiger partial charge in [-0.1, -0.05) is 17.8 Å². The number of thioether (sulfide) groups is 1. The maximum Gasteiger partial charge on any atom is 0.229 e. The van der Waals surface area contributed by atoms with E-state index in [-0.39, 0.29) is 16.3 Å². The molecule has 0 saturated carbocycles. The number of hydrogen-bond acceptors (Lipinski definition) is 7. The predicted octanol–water partition coefficient (Wildman–Crippen LogP) is 2.63. The van der Waals surface area contributed by atoms with Gasteiger partial charge in [0.2, 0.25) is 21.8 Å². The number of rotatable bonds is 7. The molecule has 10 heteroatoms. The summed E-state index contributed by atoms with van der Waals surface area (Å²) in [7, 11) is -3.33. The molecule has 0 aliphatic carbocycles. The Labute approximate surface area is 173 Å². The number of carbonyl (C=O) groups excluding carboxylic acids is 2. The van der Waals surface area contributed by atoms with E-state index in [0.717, 1.165) is 11.8 Å². The highest BCUT2D eigenvalue weighted by molar-refractivity contribution is 8.14. The molecule has 1 aromatic carbocycles. The fourth-order valence-corrected chi connectivity index (χ4v) is 4.43. The summed E-state index contributed by atoms with van der Waals surface area (Å²) in [6.07, 6.45) is 3.11. The molecule has 1 amide bonds. The van der Waals surface area contributed by atoms with Crippen LogP contribution in [0.15, 0.2) is 42.6 Å². The van der Waals surface area contributed by atoms with Crippen LogP contribution in [0.25, 0.3) is 0 Å². The van der Waals surface area contributed by atoms with Crippen molar-refractivity contribution in [1.29, 1.82) is 0 Å². The van der Waals surface area contributed by atoms with Gasteiger partial charge in [-0.3, -0.25) is 14.3 Å². The Bertz CT molecular complexity index is 992. The first kappa shape index (κ1) is 21.1. The highest BCUT2D eigenvalue weighted by Gasteiger charge is 2.30. The van der Waals surface area contributed by atoms with Crippen molar-refractivity contribution in [2.24, 2.45) is 0 Å². The number of likely N-dealkylation sites (tertiary alicyclic amines) is 1. The van der Waals surface area contributed by atoms with Crippen molar-refractivity contribution in [3.05, 3.63) is 48.2 Å². The summed E-state index contributed by atoms with van der Waals surface area (Å²) in [4.78, 5) is 29.3. The second kappa shape index (κ2) is 8.83. The fourth-order valence-electron chi connectivity index (χ4n) is 2.91.